The summed E-state index contributed by atoms with van der Waals surface area (Å²) in [5, 5.41) is 15.2. The number of amides is 2. The quantitative estimate of drug-likeness (QED) is 0.725. The third-order valence-corrected chi connectivity index (χ3v) is 3.86. The molecule has 0 saturated carbocycles. The maximum Gasteiger partial charge on any atom is 0.314 e. The molecular formula is C16H25ClN2O2. The minimum atomic E-state index is -0.244. The van der Waals surface area contributed by atoms with Crippen LogP contribution in [0.25, 0.3) is 0 Å². The van der Waals surface area contributed by atoms with E-state index < -0.39 is 0 Å². The van der Waals surface area contributed by atoms with Crippen LogP contribution in [0.3, 0.4) is 0 Å². The fourth-order valence-electron chi connectivity index (χ4n) is 2.06. The Balaban J connectivity index is 2.46. The van der Waals surface area contributed by atoms with Crippen molar-refractivity contribution in [2.75, 3.05) is 19.7 Å². The van der Waals surface area contributed by atoms with Crippen LogP contribution in [-0.2, 0) is 5.41 Å². The fourth-order valence-corrected chi connectivity index (χ4v) is 2.45. The number of aliphatic hydroxyl groups excluding tert-OH is 1. The first-order valence-corrected chi connectivity index (χ1v) is 7.62. The molecule has 21 heavy (non-hydrogen) atoms. The van der Waals surface area contributed by atoms with Gasteiger partial charge in [-0.1, -0.05) is 50.6 Å². The zero-order valence-corrected chi connectivity index (χ0v) is 13.7. The molecule has 0 heterocycles. The van der Waals surface area contributed by atoms with E-state index in [0.29, 0.717) is 24.5 Å². The highest BCUT2D eigenvalue weighted by Crippen LogP contribution is 2.28. The molecule has 3 N–H and O–H groups in total. The van der Waals surface area contributed by atoms with Gasteiger partial charge in [-0.05, 0) is 24.0 Å². The van der Waals surface area contributed by atoms with Gasteiger partial charge >= 0.3 is 6.03 Å². The number of nitrogens with one attached hydrogen (secondary N) is 2. The minimum absolute atomic E-state index is 0.143. The Bertz CT molecular complexity index is 463. The zero-order chi connectivity index (χ0) is 15.9. The topological polar surface area (TPSA) is 61.4 Å². The molecule has 1 unspecified atom stereocenters. The number of carbonyl (C=O) groups is 1. The molecule has 1 atom stereocenters. The summed E-state index contributed by atoms with van der Waals surface area (Å²) in [6.07, 6.45) is 0.686. The summed E-state index contributed by atoms with van der Waals surface area (Å²) in [4.78, 5) is 11.8. The average molecular weight is 313 g/mol. The van der Waals surface area contributed by atoms with Crippen molar-refractivity contribution >= 4 is 17.6 Å². The molecule has 0 spiro atoms. The van der Waals surface area contributed by atoms with E-state index in [2.05, 4.69) is 10.6 Å². The second-order valence-electron chi connectivity index (χ2n) is 6.04. The zero-order valence-electron chi connectivity index (χ0n) is 12.9. The number of carbonyl (C=O) groups excluding carboxylic acids is 1. The first-order valence-electron chi connectivity index (χ1n) is 7.24. The van der Waals surface area contributed by atoms with Crippen LogP contribution in [-0.4, -0.2) is 30.8 Å². The third kappa shape index (κ3) is 5.94. The number of aliphatic hydroxyl groups is 1. The second-order valence-corrected chi connectivity index (χ2v) is 6.45. The van der Waals surface area contributed by atoms with Gasteiger partial charge in [0.2, 0.25) is 0 Å². The molecule has 0 aromatic heterocycles. The molecule has 4 nitrogen and oxygen atoms in total. The summed E-state index contributed by atoms with van der Waals surface area (Å²) < 4.78 is 0. The van der Waals surface area contributed by atoms with Crippen LogP contribution in [0.4, 0.5) is 4.79 Å². The summed E-state index contributed by atoms with van der Waals surface area (Å²) in [7, 11) is 0. The summed E-state index contributed by atoms with van der Waals surface area (Å²) in [5.41, 5.74) is 0.771. The Labute approximate surface area is 131 Å². The standard InChI is InChI=1S/C16H25ClN2O2/c1-12(8-9-20)10-18-15(21)19-11-16(2,3)13-6-4-5-7-14(13)17/h4-7,12,20H,8-11H2,1-3H3,(H2,18,19,21). The van der Waals surface area contributed by atoms with E-state index in [1.165, 1.54) is 0 Å². The molecule has 0 aliphatic heterocycles. The molecule has 1 aromatic rings. The van der Waals surface area contributed by atoms with Gasteiger partial charge in [0, 0.05) is 30.1 Å². The minimum Gasteiger partial charge on any atom is -0.396 e. The predicted molar refractivity (Wildman–Crippen MR) is 86.7 cm³/mol. The van der Waals surface area contributed by atoms with E-state index in [1.807, 2.05) is 45.0 Å². The van der Waals surface area contributed by atoms with Crippen LogP contribution < -0.4 is 10.6 Å². The van der Waals surface area contributed by atoms with Crippen molar-refractivity contribution in [3.05, 3.63) is 34.9 Å². The van der Waals surface area contributed by atoms with Gasteiger partial charge in [0.05, 0.1) is 0 Å². The van der Waals surface area contributed by atoms with Crippen LogP contribution in [0.5, 0.6) is 0 Å². The van der Waals surface area contributed by atoms with Crippen LogP contribution in [0, 0.1) is 5.92 Å². The average Bonchev–Trinajstić information content (AvgIpc) is 2.43. The maximum absolute atomic E-state index is 11.8. The molecular weight excluding hydrogens is 288 g/mol. The van der Waals surface area contributed by atoms with Gasteiger partial charge in [-0.25, -0.2) is 4.79 Å². The number of rotatable bonds is 7. The maximum atomic E-state index is 11.8. The number of benzene rings is 1. The van der Waals surface area contributed by atoms with E-state index in [4.69, 9.17) is 16.7 Å². The molecule has 1 rings (SSSR count). The summed E-state index contributed by atoms with van der Waals surface area (Å²) in [6.45, 7) is 7.27. The molecule has 5 heteroatoms. The number of hydrogen-bond donors (Lipinski definition) is 3. The van der Waals surface area contributed by atoms with Gasteiger partial charge < -0.3 is 15.7 Å². The van der Waals surface area contributed by atoms with E-state index in [-0.39, 0.29) is 24.0 Å². The normalized spacial score (nSPS) is 12.8. The molecule has 118 valence electrons. The van der Waals surface area contributed by atoms with Crippen molar-refractivity contribution in [3.8, 4) is 0 Å². The van der Waals surface area contributed by atoms with E-state index in [0.717, 1.165) is 5.56 Å². The van der Waals surface area contributed by atoms with Crippen molar-refractivity contribution in [1.29, 1.82) is 0 Å². The second kappa shape index (κ2) is 8.25. The van der Waals surface area contributed by atoms with Gasteiger partial charge in [-0.3, -0.25) is 0 Å². The highest BCUT2D eigenvalue weighted by Gasteiger charge is 2.23. The lowest BCUT2D eigenvalue weighted by Crippen LogP contribution is -2.43. The predicted octanol–water partition coefficient (Wildman–Crippen LogP) is 2.94. The van der Waals surface area contributed by atoms with Crippen molar-refractivity contribution in [2.24, 2.45) is 5.92 Å². The summed E-state index contributed by atoms with van der Waals surface area (Å²) >= 11 is 6.21. The largest absolute Gasteiger partial charge is 0.396 e. The lowest BCUT2D eigenvalue weighted by molar-refractivity contribution is 0.232. The number of urea groups is 1. The Morgan fingerprint density at radius 1 is 1.33 bits per heavy atom. The molecule has 0 aliphatic carbocycles. The molecule has 0 bridgehead atoms. The van der Waals surface area contributed by atoms with Gasteiger partial charge in [0.15, 0.2) is 0 Å². The van der Waals surface area contributed by atoms with Crippen molar-refractivity contribution < 1.29 is 9.90 Å². The Kier molecular flexibility index (Phi) is 6.99. The first kappa shape index (κ1) is 17.8. The third-order valence-electron chi connectivity index (χ3n) is 3.53. The summed E-state index contributed by atoms with van der Waals surface area (Å²) in [6, 6.07) is 7.48. The van der Waals surface area contributed by atoms with Gasteiger partial charge in [0.25, 0.3) is 0 Å². The monoisotopic (exact) mass is 312 g/mol. The van der Waals surface area contributed by atoms with Crippen molar-refractivity contribution in [1.82, 2.24) is 10.6 Å². The van der Waals surface area contributed by atoms with Gasteiger partial charge in [-0.2, -0.15) is 0 Å². The van der Waals surface area contributed by atoms with Crippen LogP contribution in [0.1, 0.15) is 32.8 Å². The first-order chi connectivity index (χ1) is 9.86. The Morgan fingerprint density at radius 2 is 2.00 bits per heavy atom. The van der Waals surface area contributed by atoms with Crippen LogP contribution in [0.2, 0.25) is 5.02 Å². The number of halogens is 1. The molecule has 0 aliphatic rings. The lowest BCUT2D eigenvalue weighted by Gasteiger charge is -2.27. The molecule has 0 saturated heterocycles. The Hall–Kier alpha value is -1.26. The van der Waals surface area contributed by atoms with Gasteiger partial charge in [0.1, 0.15) is 0 Å². The van der Waals surface area contributed by atoms with Crippen molar-refractivity contribution in [2.45, 2.75) is 32.6 Å². The molecule has 0 radical (unpaired) electrons. The number of hydrogen-bond acceptors (Lipinski definition) is 2. The fraction of sp³-hybridized carbons (Fsp3) is 0.562. The van der Waals surface area contributed by atoms with Crippen molar-refractivity contribution in [3.63, 3.8) is 0 Å². The van der Waals surface area contributed by atoms with Gasteiger partial charge in [-0.15, -0.1) is 0 Å². The SMILES string of the molecule is CC(CCO)CNC(=O)NCC(C)(C)c1ccccc1Cl. The highest BCUT2D eigenvalue weighted by atomic mass is 35.5. The van der Waals surface area contributed by atoms with Crippen LogP contribution in [0.15, 0.2) is 24.3 Å². The molecule has 0 fully saturated rings. The lowest BCUT2D eigenvalue weighted by atomic mass is 9.84. The highest BCUT2D eigenvalue weighted by molar-refractivity contribution is 6.31. The van der Waals surface area contributed by atoms with Crippen LogP contribution >= 0.6 is 11.6 Å². The Morgan fingerprint density at radius 3 is 2.62 bits per heavy atom. The van der Waals surface area contributed by atoms with E-state index in [1.54, 1.807) is 0 Å². The van der Waals surface area contributed by atoms with E-state index >= 15 is 0 Å². The van der Waals surface area contributed by atoms with E-state index in [9.17, 15) is 4.79 Å². The molecule has 2 amide bonds. The summed E-state index contributed by atoms with van der Waals surface area (Å²) in [5.74, 6) is 0.261. The molecule has 1 aromatic carbocycles. The smallest absolute Gasteiger partial charge is 0.314 e.